The molecule has 1 fully saturated rings. The quantitative estimate of drug-likeness (QED) is 0.823. The number of anilines is 2. The summed E-state index contributed by atoms with van der Waals surface area (Å²) in [6.07, 6.45) is 1.28. The van der Waals surface area contributed by atoms with Crippen LogP contribution in [0.25, 0.3) is 0 Å². The number of nitrogens with one attached hydrogen (secondary N) is 2. The molecule has 0 bridgehead atoms. The molecule has 1 aromatic heterocycles. The first-order chi connectivity index (χ1) is 13.5. The summed E-state index contributed by atoms with van der Waals surface area (Å²) in [6, 6.07) is 4.97. The number of thiazole rings is 1. The van der Waals surface area contributed by atoms with Crippen molar-refractivity contribution in [2.24, 2.45) is 11.8 Å². The third-order valence-electron chi connectivity index (χ3n) is 4.98. The third kappa shape index (κ3) is 4.34. The number of hydrogen-bond donors (Lipinski definition) is 2. The number of amides is 2. The number of piperidine rings is 1. The van der Waals surface area contributed by atoms with Crippen LogP contribution in [0.2, 0.25) is 0 Å². The van der Waals surface area contributed by atoms with Crippen LogP contribution in [0.15, 0.2) is 23.6 Å². The summed E-state index contributed by atoms with van der Waals surface area (Å²) in [5.41, 5.74) is 2.03. The lowest BCUT2D eigenvalue weighted by molar-refractivity contribution is -0.118. The first-order valence-electron chi connectivity index (χ1n) is 9.51. The number of carbonyl (C=O) groups is 2. The standard InChI is InChI=1S/C20H24N4O3S/c1-12-5-13(2)8-24(7-12)9-15-11-28-20(21-15)23-19(26)14-3-4-16-17(6-14)27-10-18(25)22-16/h3-4,6,11-13H,5,7-10H2,1-2H3,(H,22,25)(H,21,23,26)/t12-,13-/m1/s1. The Balaban J connectivity index is 1.38. The average Bonchev–Trinajstić information content (AvgIpc) is 3.07. The van der Waals surface area contributed by atoms with E-state index in [2.05, 4.69) is 34.4 Å². The molecule has 3 heterocycles. The van der Waals surface area contributed by atoms with Crippen molar-refractivity contribution in [3.8, 4) is 5.75 Å². The summed E-state index contributed by atoms with van der Waals surface area (Å²) in [5, 5.41) is 8.16. The Morgan fingerprint density at radius 1 is 1.36 bits per heavy atom. The van der Waals surface area contributed by atoms with E-state index in [0.717, 1.165) is 25.3 Å². The van der Waals surface area contributed by atoms with Crippen molar-refractivity contribution in [2.45, 2.75) is 26.8 Å². The number of likely N-dealkylation sites (tertiary alicyclic amines) is 1. The van der Waals surface area contributed by atoms with Gasteiger partial charge in [0.2, 0.25) is 0 Å². The summed E-state index contributed by atoms with van der Waals surface area (Å²) >= 11 is 1.43. The van der Waals surface area contributed by atoms with Crippen LogP contribution in [-0.2, 0) is 11.3 Å². The molecule has 2 aromatic rings. The first-order valence-corrected chi connectivity index (χ1v) is 10.4. The summed E-state index contributed by atoms with van der Waals surface area (Å²) in [5.74, 6) is 1.47. The monoisotopic (exact) mass is 400 g/mol. The van der Waals surface area contributed by atoms with Gasteiger partial charge in [0, 0.05) is 30.6 Å². The molecule has 0 radical (unpaired) electrons. The van der Waals surface area contributed by atoms with Crippen molar-refractivity contribution < 1.29 is 14.3 Å². The number of carbonyl (C=O) groups excluding carboxylic acids is 2. The van der Waals surface area contributed by atoms with Crippen LogP contribution in [0.3, 0.4) is 0 Å². The predicted octanol–water partition coefficient (Wildman–Crippen LogP) is 3.20. The lowest BCUT2D eigenvalue weighted by atomic mass is 9.92. The molecular formula is C20H24N4O3S. The van der Waals surface area contributed by atoms with Gasteiger partial charge in [-0.25, -0.2) is 4.98 Å². The summed E-state index contributed by atoms with van der Waals surface area (Å²) in [7, 11) is 0. The lowest BCUT2D eigenvalue weighted by Crippen LogP contribution is -2.38. The number of benzene rings is 1. The van der Waals surface area contributed by atoms with Gasteiger partial charge in [-0.3, -0.25) is 19.8 Å². The Labute approximate surface area is 168 Å². The maximum atomic E-state index is 12.6. The molecule has 28 heavy (non-hydrogen) atoms. The molecule has 148 valence electrons. The van der Waals surface area contributed by atoms with Gasteiger partial charge in [-0.2, -0.15) is 0 Å². The van der Waals surface area contributed by atoms with Gasteiger partial charge in [0.15, 0.2) is 11.7 Å². The van der Waals surface area contributed by atoms with E-state index in [4.69, 9.17) is 4.74 Å². The second-order valence-electron chi connectivity index (χ2n) is 7.79. The van der Waals surface area contributed by atoms with Gasteiger partial charge in [0.05, 0.1) is 11.4 Å². The van der Waals surface area contributed by atoms with E-state index >= 15 is 0 Å². The molecule has 2 aliphatic heterocycles. The molecule has 1 saturated heterocycles. The fourth-order valence-electron chi connectivity index (χ4n) is 3.97. The Hall–Kier alpha value is -2.45. The highest BCUT2D eigenvalue weighted by Gasteiger charge is 2.23. The number of fused-ring (bicyclic) bond motifs is 1. The van der Waals surface area contributed by atoms with E-state index in [1.807, 2.05) is 5.38 Å². The minimum Gasteiger partial charge on any atom is -0.482 e. The van der Waals surface area contributed by atoms with Crippen LogP contribution in [0, 0.1) is 11.8 Å². The van der Waals surface area contributed by atoms with E-state index in [1.165, 1.54) is 17.8 Å². The van der Waals surface area contributed by atoms with Crippen LogP contribution >= 0.6 is 11.3 Å². The van der Waals surface area contributed by atoms with E-state index in [0.29, 0.717) is 34.0 Å². The minimum absolute atomic E-state index is 0.0400. The van der Waals surface area contributed by atoms with Crippen molar-refractivity contribution in [2.75, 3.05) is 30.3 Å². The SMILES string of the molecule is C[C@@H]1C[C@@H](C)CN(Cc2csc(NC(=O)c3ccc4c(c3)OCC(=O)N4)n2)C1. The van der Waals surface area contributed by atoms with E-state index in [-0.39, 0.29) is 18.4 Å². The smallest absolute Gasteiger partial charge is 0.262 e. The fourth-order valence-corrected chi connectivity index (χ4v) is 4.67. The maximum absolute atomic E-state index is 12.6. The molecule has 1 aromatic carbocycles. The van der Waals surface area contributed by atoms with E-state index in [9.17, 15) is 9.59 Å². The Bertz CT molecular complexity index is 887. The highest BCUT2D eigenvalue weighted by Crippen LogP contribution is 2.29. The normalized spacial score (nSPS) is 22.1. The molecule has 0 unspecified atom stereocenters. The molecule has 0 spiro atoms. The zero-order chi connectivity index (χ0) is 19.7. The van der Waals surface area contributed by atoms with Crippen molar-refractivity contribution >= 4 is 34.0 Å². The van der Waals surface area contributed by atoms with Gasteiger partial charge in [-0.15, -0.1) is 11.3 Å². The highest BCUT2D eigenvalue weighted by molar-refractivity contribution is 7.14. The van der Waals surface area contributed by atoms with Gasteiger partial charge in [-0.1, -0.05) is 13.8 Å². The molecule has 2 amide bonds. The van der Waals surface area contributed by atoms with Crippen LogP contribution in [0.1, 0.15) is 36.3 Å². The summed E-state index contributed by atoms with van der Waals surface area (Å²) in [6.45, 7) is 7.55. The van der Waals surface area contributed by atoms with Gasteiger partial charge in [0.25, 0.3) is 11.8 Å². The molecule has 2 atom stereocenters. The third-order valence-corrected chi connectivity index (χ3v) is 5.79. The maximum Gasteiger partial charge on any atom is 0.262 e. The van der Waals surface area contributed by atoms with Crippen molar-refractivity contribution in [1.29, 1.82) is 0 Å². The predicted molar refractivity (Wildman–Crippen MR) is 109 cm³/mol. The lowest BCUT2D eigenvalue weighted by Gasteiger charge is -2.34. The molecule has 0 aliphatic carbocycles. The Morgan fingerprint density at radius 3 is 2.93 bits per heavy atom. The van der Waals surface area contributed by atoms with Crippen molar-refractivity contribution in [3.05, 3.63) is 34.8 Å². The summed E-state index contributed by atoms with van der Waals surface area (Å²) < 4.78 is 5.37. The van der Waals surface area contributed by atoms with E-state index < -0.39 is 0 Å². The molecular weight excluding hydrogens is 376 g/mol. The van der Waals surface area contributed by atoms with Crippen LogP contribution in [0.5, 0.6) is 5.75 Å². The number of nitrogens with zero attached hydrogens (tertiary/aromatic N) is 2. The second kappa shape index (κ2) is 7.89. The zero-order valence-corrected chi connectivity index (χ0v) is 16.8. The number of aromatic nitrogens is 1. The van der Waals surface area contributed by atoms with Gasteiger partial charge >= 0.3 is 0 Å². The zero-order valence-electron chi connectivity index (χ0n) is 16.0. The van der Waals surface area contributed by atoms with Gasteiger partial charge < -0.3 is 10.1 Å². The molecule has 2 N–H and O–H groups in total. The van der Waals surface area contributed by atoms with Crippen LogP contribution in [0.4, 0.5) is 10.8 Å². The number of rotatable bonds is 4. The number of hydrogen-bond acceptors (Lipinski definition) is 6. The first kappa shape index (κ1) is 18.9. The minimum atomic E-state index is -0.246. The van der Waals surface area contributed by atoms with Crippen LogP contribution in [-0.4, -0.2) is 41.4 Å². The number of ether oxygens (including phenoxy) is 1. The van der Waals surface area contributed by atoms with Gasteiger partial charge in [0.1, 0.15) is 5.75 Å². The van der Waals surface area contributed by atoms with Crippen molar-refractivity contribution in [3.63, 3.8) is 0 Å². The molecule has 8 heteroatoms. The van der Waals surface area contributed by atoms with E-state index in [1.54, 1.807) is 18.2 Å². The van der Waals surface area contributed by atoms with Gasteiger partial charge in [-0.05, 0) is 36.5 Å². The molecule has 4 rings (SSSR count). The average molecular weight is 401 g/mol. The molecule has 7 nitrogen and oxygen atoms in total. The second-order valence-corrected chi connectivity index (χ2v) is 8.64. The fraction of sp³-hybridized carbons (Fsp3) is 0.450. The highest BCUT2D eigenvalue weighted by atomic mass is 32.1. The van der Waals surface area contributed by atoms with Crippen molar-refractivity contribution in [1.82, 2.24) is 9.88 Å². The molecule has 2 aliphatic rings. The topological polar surface area (TPSA) is 83.6 Å². The van der Waals surface area contributed by atoms with Crippen LogP contribution < -0.4 is 15.4 Å². The molecule has 0 saturated carbocycles. The largest absolute Gasteiger partial charge is 0.482 e. The Morgan fingerprint density at radius 2 is 2.14 bits per heavy atom. The summed E-state index contributed by atoms with van der Waals surface area (Å²) in [4.78, 5) is 30.9. The Kier molecular flexibility index (Phi) is 5.32.